The van der Waals surface area contributed by atoms with Gasteiger partial charge in [0.2, 0.25) is 0 Å². The highest BCUT2D eigenvalue weighted by Gasteiger charge is 2.20. The summed E-state index contributed by atoms with van der Waals surface area (Å²) in [5.74, 6) is 0.845. The van der Waals surface area contributed by atoms with Gasteiger partial charge in [-0.15, -0.1) is 0 Å². The molecule has 152 valence electrons. The molecule has 0 radical (unpaired) electrons. The Kier molecular flexibility index (Phi) is 6.24. The molecule has 0 saturated carbocycles. The van der Waals surface area contributed by atoms with Crippen molar-refractivity contribution < 1.29 is 9.84 Å². The lowest BCUT2D eigenvalue weighted by Crippen LogP contribution is -2.46. The first-order chi connectivity index (χ1) is 14.3. The quantitative estimate of drug-likeness (QED) is 0.670. The summed E-state index contributed by atoms with van der Waals surface area (Å²) in [7, 11) is 1.68. The van der Waals surface area contributed by atoms with Crippen LogP contribution in [0.5, 0.6) is 5.75 Å². The molecule has 0 aliphatic carbocycles. The van der Waals surface area contributed by atoms with Gasteiger partial charge in [-0.05, 0) is 36.4 Å². The minimum atomic E-state index is 0.228. The summed E-state index contributed by atoms with van der Waals surface area (Å²) in [6, 6.07) is 18.3. The van der Waals surface area contributed by atoms with Crippen LogP contribution in [0, 0.1) is 0 Å². The van der Waals surface area contributed by atoms with Crippen molar-refractivity contribution in [3.8, 4) is 22.7 Å². The first-order valence-electron chi connectivity index (χ1n) is 10.1. The number of rotatable bonds is 7. The molecule has 1 aliphatic rings. The number of β-amino-alcohol motifs (C(OH)–C–C–N with tert-alkyl or cyclic N) is 1. The highest BCUT2D eigenvalue weighted by Crippen LogP contribution is 2.27. The van der Waals surface area contributed by atoms with Crippen LogP contribution in [0.3, 0.4) is 0 Å². The average molecular weight is 393 g/mol. The van der Waals surface area contributed by atoms with Gasteiger partial charge in [-0.3, -0.25) is 9.80 Å². The van der Waals surface area contributed by atoms with Gasteiger partial charge in [0.05, 0.1) is 25.1 Å². The molecule has 0 atom stereocenters. The number of aliphatic hydroxyl groups is 1. The Labute approximate surface area is 171 Å². The highest BCUT2D eigenvalue weighted by atomic mass is 16.5. The summed E-state index contributed by atoms with van der Waals surface area (Å²) in [4.78, 5) is 4.78. The molecule has 4 rings (SSSR count). The summed E-state index contributed by atoms with van der Waals surface area (Å²) >= 11 is 0. The zero-order valence-corrected chi connectivity index (χ0v) is 16.9. The van der Waals surface area contributed by atoms with Gasteiger partial charge in [0, 0.05) is 56.6 Å². The maximum absolute atomic E-state index is 9.16. The van der Waals surface area contributed by atoms with Crippen molar-refractivity contribution in [3.63, 3.8) is 0 Å². The van der Waals surface area contributed by atoms with Crippen molar-refractivity contribution in [2.45, 2.75) is 6.54 Å². The van der Waals surface area contributed by atoms with E-state index in [4.69, 9.17) is 14.9 Å². The van der Waals surface area contributed by atoms with Gasteiger partial charge in [0.1, 0.15) is 5.75 Å². The van der Waals surface area contributed by atoms with Crippen LogP contribution in [-0.2, 0) is 6.54 Å². The number of para-hydroxylation sites is 1. The van der Waals surface area contributed by atoms with Gasteiger partial charge < -0.3 is 9.84 Å². The van der Waals surface area contributed by atoms with Crippen LogP contribution in [0.4, 0.5) is 0 Å². The Morgan fingerprint density at radius 3 is 2.28 bits per heavy atom. The molecule has 0 bridgehead atoms. The van der Waals surface area contributed by atoms with Crippen molar-refractivity contribution in [1.82, 2.24) is 19.6 Å². The summed E-state index contributed by atoms with van der Waals surface area (Å²) in [6.45, 7) is 5.83. The summed E-state index contributed by atoms with van der Waals surface area (Å²) in [5.41, 5.74) is 4.37. The topological polar surface area (TPSA) is 53.8 Å². The number of aromatic nitrogens is 2. The van der Waals surface area contributed by atoms with Gasteiger partial charge in [-0.25, -0.2) is 4.68 Å². The van der Waals surface area contributed by atoms with Gasteiger partial charge >= 0.3 is 0 Å². The lowest BCUT2D eigenvalue weighted by atomic mass is 10.1. The van der Waals surface area contributed by atoms with E-state index in [1.54, 1.807) is 7.11 Å². The van der Waals surface area contributed by atoms with Crippen molar-refractivity contribution in [2.24, 2.45) is 0 Å². The van der Waals surface area contributed by atoms with E-state index in [0.29, 0.717) is 0 Å². The number of piperazine rings is 1. The third-order valence-corrected chi connectivity index (χ3v) is 5.45. The maximum Gasteiger partial charge on any atom is 0.118 e. The third-order valence-electron chi connectivity index (χ3n) is 5.45. The monoisotopic (exact) mass is 392 g/mol. The molecule has 1 N–H and O–H groups in total. The molecule has 1 fully saturated rings. The van der Waals surface area contributed by atoms with Gasteiger partial charge in [0.25, 0.3) is 0 Å². The minimum Gasteiger partial charge on any atom is -0.497 e. The number of benzene rings is 2. The molecular formula is C23H28N4O2. The van der Waals surface area contributed by atoms with Crippen LogP contribution >= 0.6 is 0 Å². The van der Waals surface area contributed by atoms with Crippen molar-refractivity contribution >= 4 is 0 Å². The summed E-state index contributed by atoms with van der Waals surface area (Å²) < 4.78 is 7.27. The molecule has 0 unspecified atom stereocenters. The number of methoxy groups -OCH3 is 1. The summed E-state index contributed by atoms with van der Waals surface area (Å²) in [6.07, 6.45) is 2.15. The molecule has 6 nitrogen and oxygen atoms in total. The molecular weight excluding hydrogens is 364 g/mol. The smallest absolute Gasteiger partial charge is 0.118 e. The Hall–Kier alpha value is -2.67. The van der Waals surface area contributed by atoms with E-state index in [9.17, 15) is 0 Å². The second-order valence-corrected chi connectivity index (χ2v) is 7.35. The van der Waals surface area contributed by atoms with E-state index in [2.05, 4.69) is 40.3 Å². The maximum atomic E-state index is 9.16. The number of hydrogen-bond acceptors (Lipinski definition) is 5. The van der Waals surface area contributed by atoms with Gasteiger partial charge in [0.15, 0.2) is 0 Å². The molecule has 2 aromatic carbocycles. The predicted octanol–water partition coefficient (Wildman–Crippen LogP) is 2.66. The van der Waals surface area contributed by atoms with E-state index < -0.39 is 0 Å². The molecule has 3 aromatic rings. The van der Waals surface area contributed by atoms with Crippen molar-refractivity contribution in [1.29, 1.82) is 0 Å². The molecule has 1 aromatic heterocycles. The zero-order chi connectivity index (χ0) is 20.1. The fourth-order valence-corrected chi connectivity index (χ4v) is 3.78. The highest BCUT2D eigenvalue weighted by molar-refractivity contribution is 5.64. The van der Waals surface area contributed by atoms with E-state index in [-0.39, 0.29) is 6.61 Å². The number of nitrogens with zero attached hydrogens (tertiary/aromatic N) is 4. The Balaban J connectivity index is 1.60. The molecule has 6 heteroatoms. The lowest BCUT2D eigenvalue weighted by Gasteiger charge is -2.34. The molecule has 29 heavy (non-hydrogen) atoms. The second-order valence-electron chi connectivity index (χ2n) is 7.35. The number of ether oxygens (including phenoxy) is 1. The van der Waals surface area contributed by atoms with E-state index in [0.717, 1.165) is 62.0 Å². The lowest BCUT2D eigenvalue weighted by molar-refractivity contribution is 0.108. The van der Waals surface area contributed by atoms with E-state index in [1.165, 1.54) is 5.56 Å². The van der Waals surface area contributed by atoms with Gasteiger partial charge in [-0.1, -0.05) is 18.2 Å². The SMILES string of the molecule is COc1ccc(-c2nn(-c3ccccc3)cc2CN2CCN(CCO)CC2)cc1. The zero-order valence-electron chi connectivity index (χ0n) is 16.9. The van der Waals surface area contributed by atoms with Crippen LogP contribution < -0.4 is 4.74 Å². The van der Waals surface area contributed by atoms with Gasteiger partial charge in [-0.2, -0.15) is 5.10 Å². The van der Waals surface area contributed by atoms with Crippen LogP contribution in [-0.4, -0.2) is 71.1 Å². The normalized spacial score (nSPS) is 15.5. The fourth-order valence-electron chi connectivity index (χ4n) is 3.78. The largest absolute Gasteiger partial charge is 0.497 e. The van der Waals surface area contributed by atoms with E-state index >= 15 is 0 Å². The first-order valence-corrected chi connectivity index (χ1v) is 10.1. The van der Waals surface area contributed by atoms with Crippen LogP contribution in [0.15, 0.2) is 60.8 Å². The Morgan fingerprint density at radius 2 is 1.62 bits per heavy atom. The van der Waals surface area contributed by atoms with Crippen LogP contribution in [0.25, 0.3) is 16.9 Å². The standard InChI is InChI=1S/C23H28N4O2/c1-29-22-9-7-19(8-10-22)23-20(17-26-13-11-25(12-14-26)15-16-28)18-27(24-23)21-5-3-2-4-6-21/h2-10,18,28H,11-17H2,1H3. The number of aliphatic hydroxyl groups excluding tert-OH is 1. The molecule has 0 spiro atoms. The molecule has 1 saturated heterocycles. The molecule has 1 aliphatic heterocycles. The second kappa shape index (κ2) is 9.22. The van der Waals surface area contributed by atoms with Crippen molar-refractivity contribution in [2.75, 3.05) is 46.4 Å². The van der Waals surface area contributed by atoms with Crippen LogP contribution in [0.2, 0.25) is 0 Å². The Morgan fingerprint density at radius 1 is 0.931 bits per heavy atom. The van der Waals surface area contributed by atoms with Crippen LogP contribution in [0.1, 0.15) is 5.56 Å². The Bertz CT molecular complexity index is 900. The molecule has 2 heterocycles. The predicted molar refractivity (Wildman–Crippen MR) is 114 cm³/mol. The first kappa shape index (κ1) is 19.6. The average Bonchev–Trinajstić information content (AvgIpc) is 3.20. The molecule has 0 amide bonds. The minimum absolute atomic E-state index is 0.228. The summed E-state index contributed by atoms with van der Waals surface area (Å²) in [5, 5.41) is 14.1. The fraction of sp³-hybridized carbons (Fsp3) is 0.348. The van der Waals surface area contributed by atoms with E-state index in [1.807, 2.05) is 35.0 Å². The number of hydrogen-bond donors (Lipinski definition) is 1. The third kappa shape index (κ3) is 4.67. The van der Waals surface area contributed by atoms with Crippen molar-refractivity contribution in [3.05, 3.63) is 66.4 Å².